The van der Waals surface area contributed by atoms with E-state index in [0.29, 0.717) is 29.1 Å². The van der Waals surface area contributed by atoms with Crippen molar-refractivity contribution in [1.29, 1.82) is 0 Å². The topological polar surface area (TPSA) is 102 Å². The Balaban J connectivity index is 1.67. The summed E-state index contributed by atoms with van der Waals surface area (Å²) >= 11 is 0. The third-order valence-electron chi connectivity index (χ3n) is 6.68. The predicted molar refractivity (Wildman–Crippen MR) is 104 cm³/mol. The highest BCUT2D eigenvalue weighted by Crippen LogP contribution is 2.44. The van der Waals surface area contributed by atoms with E-state index < -0.39 is 11.6 Å². The largest absolute Gasteiger partial charge is 0.508 e. The summed E-state index contributed by atoms with van der Waals surface area (Å²) < 4.78 is 6.76. The van der Waals surface area contributed by atoms with Crippen molar-refractivity contribution in [3.05, 3.63) is 56.4 Å². The molecule has 0 amide bonds. The molecule has 29 heavy (non-hydrogen) atoms. The van der Waals surface area contributed by atoms with Crippen LogP contribution in [0.15, 0.2) is 23.0 Å². The number of carbonyl (C=O) groups is 1. The van der Waals surface area contributed by atoms with Crippen LogP contribution in [-0.2, 0) is 41.1 Å². The molecule has 0 spiro atoms. The zero-order chi connectivity index (χ0) is 20.1. The van der Waals surface area contributed by atoms with Gasteiger partial charge in [-0.2, -0.15) is 0 Å². The Morgan fingerprint density at radius 1 is 1.17 bits per heavy atom. The van der Waals surface area contributed by atoms with Crippen molar-refractivity contribution >= 4 is 16.9 Å². The number of hydrogen-bond donors (Lipinski definition) is 2. The first-order valence-electron chi connectivity index (χ1n) is 9.77. The first-order chi connectivity index (χ1) is 13.9. The van der Waals surface area contributed by atoms with Crippen molar-refractivity contribution in [2.24, 2.45) is 0 Å². The second kappa shape index (κ2) is 5.24. The smallest absolute Gasteiger partial charge is 0.343 e. The summed E-state index contributed by atoms with van der Waals surface area (Å²) in [4.78, 5) is 30.3. The van der Waals surface area contributed by atoms with Crippen LogP contribution in [0.2, 0.25) is 0 Å². The molecule has 0 saturated heterocycles. The molecule has 3 aromatic rings. The summed E-state index contributed by atoms with van der Waals surface area (Å²) in [5, 5.41) is 22.1. The number of cyclic esters (lactones) is 1. The van der Waals surface area contributed by atoms with Crippen LogP contribution >= 0.6 is 0 Å². The lowest BCUT2D eigenvalue weighted by molar-refractivity contribution is -0.172. The molecule has 6 rings (SSSR count). The molecule has 146 valence electrons. The number of aromatic nitrogens is 2. The molecule has 7 nitrogen and oxygen atoms in total. The van der Waals surface area contributed by atoms with Crippen LogP contribution in [0.25, 0.3) is 22.3 Å². The van der Waals surface area contributed by atoms with Crippen LogP contribution < -0.4 is 5.56 Å². The van der Waals surface area contributed by atoms with E-state index in [-0.39, 0.29) is 24.3 Å². The predicted octanol–water partition coefficient (Wildman–Crippen LogP) is 1.88. The molecule has 4 heterocycles. The van der Waals surface area contributed by atoms with E-state index in [1.54, 1.807) is 29.7 Å². The van der Waals surface area contributed by atoms with Crippen LogP contribution in [0, 0.1) is 0 Å². The van der Waals surface area contributed by atoms with Crippen molar-refractivity contribution in [3.63, 3.8) is 0 Å². The highest BCUT2D eigenvalue weighted by molar-refractivity contribution is 5.94. The fourth-order valence-electron chi connectivity index (χ4n) is 5.11. The zero-order valence-corrected chi connectivity index (χ0v) is 15.8. The van der Waals surface area contributed by atoms with E-state index in [2.05, 4.69) is 0 Å². The quantitative estimate of drug-likeness (QED) is 0.481. The normalized spacial score (nSPS) is 21.1. The maximum atomic E-state index is 13.2. The molecule has 0 bridgehead atoms. The molecular weight excluding hydrogens is 372 g/mol. The van der Waals surface area contributed by atoms with Gasteiger partial charge >= 0.3 is 5.97 Å². The van der Waals surface area contributed by atoms with Gasteiger partial charge in [-0.1, -0.05) is 6.92 Å². The number of rotatable bonds is 1. The maximum absolute atomic E-state index is 13.2. The van der Waals surface area contributed by atoms with Crippen molar-refractivity contribution in [2.45, 2.75) is 44.9 Å². The Labute approximate surface area is 165 Å². The molecule has 0 unspecified atom stereocenters. The summed E-state index contributed by atoms with van der Waals surface area (Å²) in [5.41, 5.74) is 3.69. The number of aliphatic hydroxyl groups is 1. The molecule has 1 aliphatic carbocycles. The Morgan fingerprint density at radius 3 is 2.76 bits per heavy atom. The Bertz CT molecular complexity index is 1340. The highest BCUT2D eigenvalue weighted by atomic mass is 16.6. The Morgan fingerprint density at radius 2 is 1.97 bits per heavy atom. The number of benzene rings is 1. The van der Waals surface area contributed by atoms with Crippen LogP contribution in [0.5, 0.6) is 5.75 Å². The lowest BCUT2D eigenvalue weighted by Crippen LogP contribution is -2.44. The fourth-order valence-corrected chi connectivity index (χ4v) is 5.11. The molecule has 1 aromatic carbocycles. The number of fused-ring (bicyclic) bond motifs is 5. The highest BCUT2D eigenvalue weighted by Gasteiger charge is 2.45. The van der Waals surface area contributed by atoms with Crippen LogP contribution in [0.3, 0.4) is 0 Å². The third-order valence-corrected chi connectivity index (χ3v) is 6.68. The number of ether oxygens (including phenoxy) is 1. The third kappa shape index (κ3) is 1.88. The summed E-state index contributed by atoms with van der Waals surface area (Å²) in [6.45, 7) is 1.95. The Kier molecular flexibility index (Phi) is 3.02. The molecule has 7 heteroatoms. The standard InChI is InChI=1S/C22H18N2O5/c1-2-22(28)14-7-16-19-12(8-24(16)20(26)13(14)9-29-21(22)27)10-3-4-11-17(25)6-5-15(23-19)18(10)11/h5-7,25,28H,2-4,8-9H2,1H3/t22-/m1/s1. The fraction of sp³-hybridized carbons (Fsp3) is 0.318. The first-order valence-corrected chi connectivity index (χ1v) is 9.77. The molecule has 3 aliphatic rings. The lowest BCUT2D eigenvalue weighted by Gasteiger charge is -2.31. The van der Waals surface area contributed by atoms with Crippen LogP contribution in [-0.4, -0.2) is 25.7 Å². The van der Waals surface area contributed by atoms with Gasteiger partial charge in [0.1, 0.15) is 12.4 Å². The van der Waals surface area contributed by atoms with Crippen molar-refractivity contribution in [2.75, 3.05) is 0 Å². The molecule has 2 aliphatic heterocycles. The molecule has 0 fully saturated rings. The summed E-state index contributed by atoms with van der Waals surface area (Å²) in [7, 11) is 0. The van der Waals surface area contributed by atoms with E-state index in [1.807, 2.05) is 0 Å². The number of esters is 1. The minimum Gasteiger partial charge on any atom is -0.508 e. The van der Waals surface area contributed by atoms with Gasteiger partial charge in [-0.15, -0.1) is 0 Å². The summed E-state index contributed by atoms with van der Waals surface area (Å²) in [6.07, 6.45) is 1.65. The van der Waals surface area contributed by atoms with E-state index in [9.17, 15) is 19.8 Å². The van der Waals surface area contributed by atoms with E-state index >= 15 is 0 Å². The molecule has 2 N–H and O–H groups in total. The van der Waals surface area contributed by atoms with E-state index in [4.69, 9.17) is 9.72 Å². The van der Waals surface area contributed by atoms with Gasteiger partial charge in [0.15, 0.2) is 5.60 Å². The van der Waals surface area contributed by atoms with Gasteiger partial charge < -0.3 is 19.5 Å². The SMILES string of the molecule is CC[C@]1(O)C(=O)OCc2c1cc1n(c2=O)Cc2c-1nc1ccc(O)c3c1c2CC3. The van der Waals surface area contributed by atoms with Gasteiger partial charge in [-0.25, -0.2) is 9.78 Å². The van der Waals surface area contributed by atoms with Gasteiger partial charge in [-0.3, -0.25) is 4.79 Å². The minimum atomic E-state index is -1.82. The molecular formula is C22H18N2O5. The van der Waals surface area contributed by atoms with Gasteiger partial charge in [0, 0.05) is 22.1 Å². The van der Waals surface area contributed by atoms with Gasteiger partial charge in [0.2, 0.25) is 0 Å². The summed E-state index contributed by atoms with van der Waals surface area (Å²) in [6, 6.07) is 5.18. The Hall–Kier alpha value is -3.19. The second-order valence-electron chi connectivity index (χ2n) is 7.98. The number of aryl methyl sites for hydroxylation is 2. The lowest BCUT2D eigenvalue weighted by atomic mass is 9.86. The van der Waals surface area contributed by atoms with Gasteiger partial charge in [0.25, 0.3) is 5.56 Å². The molecule has 0 radical (unpaired) electrons. The maximum Gasteiger partial charge on any atom is 0.343 e. The van der Waals surface area contributed by atoms with Crippen molar-refractivity contribution in [1.82, 2.24) is 9.55 Å². The minimum absolute atomic E-state index is 0.119. The van der Waals surface area contributed by atoms with Gasteiger partial charge in [-0.05, 0) is 43.0 Å². The van der Waals surface area contributed by atoms with Crippen molar-refractivity contribution < 1.29 is 19.7 Å². The number of phenols is 1. The van der Waals surface area contributed by atoms with E-state index in [1.165, 1.54) is 0 Å². The number of phenolic OH excluding ortho intramolecular Hbond substituents is 1. The number of hydrogen-bond acceptors (Lipinski definition) is 6. The average Bonchev–Trinajstić information content (AvgIpc) is 3.31. The average molecular weight is 390 g/mol. The van der Waals surface area contributed by atoms with Gasteiger partial charge in [0.05, 0.1) is 29.0 Å². The van der Waals surface area contributed by atoms with Crippen LogP contribution in [0.4, 0.5) is 0 Å². The van der Waals surface area contributed by atoms with Crippen LogP contribution in [0.1, 0.15) is 41.2 Å². The number of carbonyl (C=O) groups excluding carboxylic acids is 1. The molecule has 0 saturated carbocycles. The zero-order valence-electron chi connectivity index (χ0n) is 15.8. The first kappa shape index (κ1) is 16.7. The molecule has 1 atom stereocenters. The number of pyridine rings is 2. The van der Waals surface area contributed by atoms with E-state index in [0.717, 1.165) is 40.4 Å². The second-order valence-corrected chi connectivity index (χ2v) is 7.98. The number of nitrogens with zero attached hydrogens (tertiary/aromatic N) is 2. The monoisotopic (exact) mass is 390 g/mol. The summed E-state index contributed by atoms with van der Waals surface area (Å²) in [5.74, 6) is -0.440. The number of aromatic hydroxyl groups is 1. The molecule has 2 aromatic heterocycles. The van der Waals surface area contributed by atoms with Crippen molar-refractivity contribution in [3.8, 4) is 17.1 Å².